The lowest BCUT2D eigenvalue weighted by Crippen LogP contribution is -2.35. The van der Waals surface area contributed by atoms with E-state index >= 15 is 0 Å². The molecule has 0 unspecified atom stereocenters. The molecular weight excluding hydrogens is 326 g/mol. The van der Waals surface area contributed by atoms with Crippen molar-refractivity contribution in [1.82, 2.24) is 14.9 Å². The average Bonchev–Trinajstić information content (AvgIpc) is 2.80. The summed E-state index contributed by atoms with van der Waals surface area (Å²) in [6, 6.07) is 0. The Morgan fingerprint density at radius 1 is 1.50 bits per heavy atom. The van der Waals surface area contributed by atoms with Gasteiger partial charge in [0.1, 0.15) is 10.7 Å². The predicted octanol–water partition coefficient (Wildman–Crippen LogP) is 1.99. The topological polar surface area (TPSA) is 78.5 Å². The molecule has 132 valence electrons. The molecule has 0 saturated carbocycles. The van der Waals surface area contributed by atoms with Crippen LogP contribution in [0.1, 0.15) is 23.2 Å². The van der Waals surface area contributed by atoms with Crippen LogP contribution in [0.15, 0.2) is 17.4 Å². The number of thiophene rings is 1. The van der Waals surface area contributed by atoms with Crippen molar-refractivity contribution in [3.8, 4) is 0 Å². The first-order valence-electron chi connectivity index (χ1n) is 8.04. The number of ether oxygens (including phenoxy) is 1. The maximum atomic E-state index is 12.3. The van der Waals surface area contributed by atoms with Crippen LogP contribution in [-0.2, 0) is 11.3 Å². The quantitative estimate of drug-likeness (QED) is 0.676. The summed E-state index contributed by atoms with van der Waals surface area (Å²) in [5.74, 6) is 0.596. The minimum absolute atomic E-state index is 0.106. The molecular formula is C17H25N3O3S. The van der Waals surface area contributed by atoms with E-state index in [-0.39, 0.29) is 12.2 Å². The molecule has 0 aliphatic heterocycles. The first kappa shape index (κ1) is 18.8. The normalized spacial score (nSPS) is 12.9. The first-order chi connectivity index (χ1) is 11.5. The molecule has 0 aromatic carbocycles. The summed E-state index contributed by atoms with van der Waals surface area (Å²) in [7, 11) is 0. The third-order valence-electron chi connectivity index (χ3n) is 3.83. The van der Waals surface area contributed by atoms with Gasteiger partial charge in [-0.15, -0.1) is 17.9 Å². The highest BCUT2D eigenvalue weighted by atomic mass is 32.1. The fourth-order valence-electron chi connectivity index (χ4n) is 2.58. The number of nitrogens with one attached hydrogen (secondary N) is 1. The van der Waals surface area contributed by atoms with Crippen molar-refractivity contribution in [2.75, 3.05) is 26.3 Å². The zero-order valence-corrected chi connectivity index (χ0v) is 15.3. The van der Waals surface area contributed by atoms with Gasteiger partial charge in [-0.05, 0) is 26.3 Å². The van der Waals surface area contributed by atoms with Gasteiger partial charge in [0.2, 0.25) is 0 Å². The molecule has 2 N–H and O–H groups in total. The Bertz CT molecular complexity index is 753. The van der Waals surface area contributed by atoms with E-state index in [9.17, 15) is 9.90 Å². The summed E-state index contributed by atoms with van der Waals surface area (Å²) in [5, 5.41) is 10.7. The Kier molecular flexibility index (Phi) is 6.68. The smallest absolute Gasteiger partial charge is 0.259 e. The van der Waals surface area contributed by atoms with Gasteiger partial charge in [0, 0.05) is 24.6 Å². The highest BCUT2D eigenvalue weighted by molar-refractivity contribution is 7.18. The number of H-pyrrole nitrogens is 1. The van der Waals surface area contributed by atoms with Gasteiger partial charge in [-0.3, -0.25) is 9.69 Å². The number of hydrogen-bond acceptors (Lipinski definition) is 6. The lowest BCUT2D eigenvalue weighted by atomic mass is 10.2. The molecule has 0 aliphatic carbocycles. The van der Waals surface area contributed by atoms with Crippen molar-refractivity contribution in [3.05, 3.63) is 39.3 Å². The maximum Gasteiger partial charge on any atom is 0.259 e. The SMILES string of the molecule is C=CCN(Cc1nc2sc(C)c(C)c2c(=O)[nH]1)C[C@@H](O)COCC. The van der Waals surface area contributed by atoms with Crippen LogP contribution in [0, 0.1) is 13.8 Å². The summed E-state index contributed by atoms with van der Waals surface area (Å²) < 4.78 is 5.24. The number of hydrogen-bond donors (Lipinski definition) is 2. The molecule has 2 aromatic heterocycles. The Labute approximate surface area is 145 Å². The number of fused-ring (bicyclic) bond motifs is 1. The lowest BCUT2D eigenvalue weighted by Gasteiger charge is -2.23. The van der Waals surface area contributed by atoms with Gasteiger partial charge in [-0.25, -0.2) is 4.98 Å². The van der Waals surface area contributed by atoms with Crippen LogP contribution >= 0.6 is 11.3 Å². The van der Waals surface area contributed by atoms with Gasteiger partial charge in [-0.1, -0.05) is 6.08 Å². The van der Waals surface area contributed by atoms with E-state index < -0.39 is 6.10 Å². The van der Waals surface area contributed by atoms with Crippen LogP contribution in [0.2, 0.25) is 0 Å². The van der Waals surface area contributed by atoms with Crippen molar-refractivity contribution in [2.45, 2.75) is 33.4 Å². The van der Waals surface area contributed by atoms with Crippen LogP contribution in [-0.4, -0.2) is 52.4 Å². The van der Waals surface area contributed by atoms with Crippen molar-refractivity contribution < 1.29 is 9.84 Å². The standard InChI is InChI=1S/C17H25N3O3S/c1-5-7-20(8-13(21)10-23-6-2)9-14-18-16(22)15-11(3)12(4)24-17(15)19-14/h5,13,21H,1,6-10H2,2-4H3,(H,18,19,22)/t13-/m1/s1. The minimum atomic E-state index is -0.591. The van der Waals surface area contributed by atoms with E-state index in [1.807, 2.05) is 25.7 Å². The number of aromatic nitrogens is 2. The van der Waals surface area contributed by atoms with Gasteiger partial charge >= 0.3 is 0 Å². The van der Waals surface area contributed by atoms with Gasteiger partial charge in [0.15, 0.2) is 0 Å². The Balaban J connectivity index is 2.18. The molecule has 1 atom stereocenters. The molecule has 2 aromatic rings. The van der Waals surface area contributed by atoms with E-state index in [0.717, 1.165) is 15.3 Å². The Morgan fingerprint density at radius 2 is 2.25 bits per heavy atom. The van der Waals surface area contributed by atoms with Crippen LogP contribution in [0.4, 0.5) is 0 Å². The molecule has 0 saturated heterocycles. The van der Waals surface area contributed by atoms with Crippen LogP contribution in [0.25, 0.3) is 10.2 Å². The fourth-order valence-corrected chi connectivity index (χ4v) is 3.63. The molecule has 24 heavy (non-hydrogen) atoms. The summed E-state index contributed by atoms with van der Waals surface area (Å²) in [6.07, 6.45) is 1.18. The monoisotopic (exact) mass is 351 g/mol. The molecule has 2 heterocycles. The third kappa shape index (κ3) is 4.51. The number of aryl methyl sites for hydroxylation is 2. The molecule has 0 bridgehead atoms. The van der Waals surface area contributed by atoms with Crippen molar-refractivity contribution in [2.24, 2.45) is 0 Å². The minimum Gasteiger partial charge on any atom is -0.389 e. The largest absolute Gasteiger partial charge is 0.389 e. The molecule has 2 rings (SSSR count). The lowest BCUT2D eigenvalue weighted by molar-refractivity contribution is 0.0214. The van der Waals surface area contributed by atoms with Crippen LogP contribution in [0.3, 0.4) is 0 Å². The molecule has 0 fully saturated rings. The van der Waals surface area contributed by atoms with Crippen LogP contribution in [0.5, 0.6) is 0 Å². The fraction of sp³-hybridized carbons (Fsp3) is 0.529. The molecule has 0 aliphatic rings. The van der Waals surface area contributed by atoms with Crippen molar-refractivity contribution >= 4 is 21.6 Å². The number of aliphatic hydroxyl groups is 1. The number of nitrogens with zero attached hydrogens (tertiary/aromatic N) is 2. The highest BCUT2D eigenvalue weighted by Crippen LogP contribution is 2.25. The zero-order chi connectivity index (χ0) is 17.7. The molecule has 7 heteroatoms. The summed E-state index contributed by atoms with van der Waals surface area (Å²) in [4.78, 5) is 23.6. The van der Waals surface area contributed by atoms with Gasteiger partial charge < -0.3 is 14.8 Å². The van der Waals surface area contributed by atoms with E-state index in [0.29, 0.717) is 37.5 Å². The number of rotatable bonds is 9. The van der Waals surface area contributed by atoms with E-state index in [4.69, 9.17) is 4.74 Å². The molecule has 0 radical (unpaired) electrons. The van der Waals surface area contributed by atoms with Gasteiger partial charge in [0.25, 0.3) is 5.56 Å². The Morgan fingerprint density at radius 3 is 2.92 bits per heavy atom. The van der Waals surface area contributed by atoms with Crippen molar-refractivity contribution in [1.29, 1.82) is 0 Å². The second kappa shape index (κ2) is 8.53. The average molecular weight is 351 g/mol. The van der Waals surface area contributed by atoms with Crippen LogP contribution < -0.4 is 5.56 Å². The maximum absolute atomic E-state index is 12.3. The summed E-state index contributed by atoms with van der Waals surface area (Å²) >= 11 is 1.53. The molecule has 0 spiro atoms. The zero-order valence-electron chi connectivity index (χ0n) is 14.5. The second-order valence-corrected chi connectivity index (χ2v) is 6.98. The van der Waals surface area contributed by atoms with E-state index in [1.165, 1.54) is 11.3 Å². The van der Waals surface area contributed by atoms with Gasteiger partial charge in [-0.2, -0.15) is 0 Å². The van der Waals surface area contributed by atoms with E-state index in [1.54, 1.807) is 6.08 Å². The number of aromatic amines is 1. The third-order valence-corrected chi connectivity index (χ3v) is 4.93. The Hall–Kier alpha value is -1.54. The van der Waals surface area contributed by atoms with E-state index in [2.05, 4.69) is 16.5 Å². The summed E-state index contributed by atoms with van der Waals surface area (Å²) in [5.41, 5.74) is 0.885. The van der Waals surface area contributed by atoms with Crippen molar-refractivity contribution in [3.63, 3.8) is 0 Å². The number of aliphatic hydroxyl groups excluding tert-OH is 1. The molecule has 0 amide bonds. The first-order valence-corrected chi connectivity index (χ1v) is 8.85. The highest BCUT2D eigenvalue weighted by Gasteiger charge is 2.15. The van der Waals surface area contributed by atoms with Gasteiger partial charge in [0.05, 0.1) is 24.6 Å². The second-order valence-electron chi connectivity index (χ2n) is 5.77. The summed E-state index contributed by atoms with van der Waals surface area (Å²) in [6.45, 7) is 11.9. The molecule has 6 nitrogen and oxygen atoms in total. The predicted molar refractivity (Wildman–Crippen MR) is 97.7 cm³/mol.